The summed E-state index contributed by atoms with van der Waals surface area (Å²) >= 11 is 0. The van der Waals surface area contributed by atoms with Crippen LogP contribution in [-0.4, -0.2) is 41.7 Å². The van der Waals surface area contributed by atoms with Gasteiger partial charge in [0.1, 0.15) is 5.75 Å². The van der Waals surface area contributed by atoms with Crippen molar-refractivity contribution in [3.63, 3.8) is 0 Å². The number of hydrogen-bond donors (Lipinski definition) is 2. The summed E-state index contributed by atoms with van der Waals surface area (Å²) in [5.74, 6) is -0.190. The van der Waals surface area contributed by atoms with E-state index < -0.39 is 5.97 Å². The Hall–Kier alpha value is -1.55. The van der Waals surface area contributed by atoms with Gasteiger partial charge in [-0.3, -0.25) is 4.79 Å². The summed E-state index contributed by atoms with van der Waals surface area (Å²) in [6.07, 6.45) is 3.15. The third-order valence-corrected chi connectivity index (χ3v) is 3.92. The predicted molar refractivity (Wildman–Crippen MR) is 78.1 cm³/mol. The highest BCUT2D eigenvalue weighted by atomic mass is 16.4. The molecule has 1 aromatic rings. The molecule has 2 N–H and O–H groups in total. The van der Waals surface area contributed by atoms with Gasteiger partial charge in [0.2, 0.25) is 0 Å². The highest BCUT2D eigenvalue weighted by Gasteiger charge is 2.35. The van der Waals surface area contributed by atoms with E-state index in [9.17, 15) is 9.90 Å². The molecule has 1 fully saturated rings. The van der Waals surface area contributed by atoms with Crippen molar-refractivity contribution < 1.29 is 15.0 Å². The number of carbonyl (C=O) groups is 1. The van der Waals surface area contributed by atoms with E-state index in [-0.39, 0.29) is 18.1 Å². The van der Waals surface area contributed by atoms with Crippen molar-refractivity contribution in [1.29, 1.82) is 0 Å². The summed E-state index contributed by atoms with van der Waals surface area (Å²) in [6, 6.07) is 5.62. The lowest BCUT2D eigenvalue weighted by atomic mass is 9.89. The minimum absolute atomic E-state index is 0.0493. The zero-order valence-electron chi connectivity index (χ0n) is 12.2. The Morgan fingerprint density at radius 1 is 1.40 bits per heavy atom. The second-order valence-electron chi connectivity index (χ2n) is 5.99. The van der Waals surface area contributed by atoms with Crippen LogP contribution in [0.5, 0.6) is 5.75 Å². The monoisotopic (exact) mass is 277 g/mol. The van der Waals surface area contributed by atoms with Crippen molar-refractivity contribution in [3.05, 3.63) is 29.3 Å². The van der Waals surface area contributed by atoms with Gasteiger partial charge < -0.3 is 15.1 Å². The van der Waals surface area contributed by atoms with E-state index in [0.29, 0.717) is 5.92 Å². The van der Waals surface area contributed by atoms with Crippen LogP contribution >= 0.6 is 0 Å². The topological polar surface area (TPSA) is 60.8 Å². The maximum atomic E-state index is 11.0. The van der Waals surface area contributed by atoms with E-state index in [1.54, 1.807) is 6.07 Å². The molecule has 2 rings (SSSR count). The minimum atomic E-state index is -0.792. The Kier molecular flexibility index (Phi) is 4.65. The molecule has 1 aliphatic rings. The number of benzene rings is 1. The van der Waals surface area contributed by atoms with Gasteiger partial charge in [-0.15, -0.1) is 0 Å². The Morgan fingerprint density at radius 3 is 2.65 bits per heavy atom. The first-order valence-corrected chi connectivity index (χ1v) is 7.15. The van der Waals surface area contributed by atoms with Crippen molar-refractivity contribution in [1.82, 2.24) is 4.90 Å². The first-order chi connectivity index (χ1) is 9.47. The van der Waals surface area contributed by atoms with Crippen molar-refractivity contribution in [2.75, 3.05) is 20.6 Å². The lowest BCUT2D eigenvalue weighted by molar-refractivity contribution is -0.137. The molecule has 4 heteroatoms. The fourth-order valence-electron chi connectivity index (χ4n) is 2.63. The van der Waals surface area contributed by atoms with Gasteiger partial charge in [0, 0.05) is 12.5 Å². The number of aliphatic carboxylic acids is 1. The van der Waals surface area contributed by atoms with Gasteiger partial charge >= 0.3 is 5.97 Å². The van der Waals surface area contributed by atoms with Crippen molar-refractivity contribution in [2.45, 2.75) is 31.6 Å². The maximum absolute atomic E-state index is 11.0. The van der Waals surface area contributed by atoms with E-state index in [1.165, 1.54) is 0 Å². The SMILES string of the molecule is CN(C)CCc1ccc(O)c(C(CC(=O)O)C2CC2)c1. The minimum Gasteiger partial charge on any atom is -0.508 e. The fourth-order valence-corrected chi connectivity index (χ4v) is 2.63. The number of carboxylic acids is 1. The molecule has 4 nitrogen and oxygen atoms in total. The third-order valence-electron chi connectivity index (χ3n) is 3.92. The summed E-state index contributed by atoms with van der Waals surface area (Å²) in [5.41, 5.74) is 1.97. The quantitative estimate of drug-likeness (QED) is 0.803. The molecule has 1 aromatic carbocycles. The Labute approximate surface area is 120 Å². The Bertz CT molecular complexity index is 481. The van der Waals surface area contributed by atoms with Gasteiger partial charge in [-0.1, -0.05) is 12.1 Å². The van der Waals surface area contributed by atoms with Crippen LogP contribution in [0.15, 0.2) is 18.2 Å². The zero-order chi connectivity index (χ0) is 14.7. The van der Waals surface area contributed by atoms with Crippen LogP contribution in [-0.2, 0) is 11.2 Å². The highest BCUT2D eigenvalue weighted by molar-refractivity contribution is 5.68. The van der Waals surface area contributed by atoms with E-state index in [2.05, 4.69) is 4.90 Å². The molecule has 0 spiro atoms. The summed E-state index contributed by atoms with van der Waals surface area (Å²) < 4.78 is 0. The second kappa shape index (κ2) is 6.27. The Balaban J connectivity index is 2.19. The molecule has 0 aliphatic heterocycles. The van der Waals surface area contributed by atoms with Crippen LogP contribution < -0.4 is 0 Å². The van der Waals surface area contributed by atoms with Gasteiger partial charge in [0.25, 0.3) is 0 Å². The molecular formula is C16H23NO3. The largest absolute Gasteiger partial charge is 0.508 e. The number of nitrogens with zero attached hydrogens (tertiary/aromatic N) is 1. The molecule has 1 aliphatic carbocycles. The first-order valence-electron chi connectivity index (χ1n) is 7.15. The third kappa shape index (κ3) is 3.97. The molecule has 0 radical (unpaired) electrons. The summed E-state index contributed by atoms with van der Waals surface area (Å²) in [7, 11) is 4.05. The van der Waals surface area contributed by atoms with Crippen LogP contribution in [0.3, 0.4) is 0 Å². The number of aromatic hydroxyl groups is 1. The summed E-state index contributed by atoms with van der Waals surface area (Å²) in [4.78, 5) is 13.2. The number of hydrogen-bond acceptors (Lipinski definition) is 3. The summed E-state index contributed by atoms with van der Waals surface area (Å²) in [5, 5.41) is 19.1. The van der Waals surface area contributed by atoms with Gasteiger partial charge in [-0.25, -0.2) is 0 Å². The molecule has 0 bridgehead atoms. The number of rotatable bonds is 7. The van der Waals surface area contributed by atoms with Crippen LogP contribution in [0.1, 0.15) is 36.3 Å². The lowest BCUT2D eigenvalue weighted by Crippen LogP contribution is -2.15. The molecule has 20 heavy (non-hydrogen) atoms. The standard InChI is InChI=1S/C16H23NO3/c1-17(2)8-7-11-3-6-15(18)14(9-11)13(10-16(19)20)12-4-5-12/h3,6,9,12-13,18H,4-5,7-8,10H2,1-2H3,(H,19,20). The second-order valence-corrected chi connectivity index (χ2v) is 5.99. The van der Waals surface area contributed by atoms with Crippen LogP contribution in [0.4, 0.5) is 0 Å². The molecule has 1 saturated carbocycles. The van der Waals surface area contributed by atoms with E-state index in [4.69, 9.17) is 5.11 Å². The first kappa shape index (κ1) is 14.9. The zero-order valence-corrected chi connectivity index (χ0v) is 12.2. The average molecular weight is 277 g/mol. The number of phenolic OH excluding ortho intramolecular Hbond substituents is 1. The number of phenols is 1. The summed E-state index contributed by atoms with van der Waals surface area (Å²) in [6.45, 7) is 0.942. The van der Waals surface area contributed by atoms with E-state index >= 15 is 0 Å². The van der Waals surface area contributed by atoms with Gasteiger partial charge in [0.05, 0.1) is 6.42 Å². The molecule has 0 heterocycles. The highest BCUT2D eigenvalue weighted by Crippen LogP contribution is 2.46. The van der Waals surface area contributed by atoms with Crippen LogP contribution in [0.2, 0.25) is 0 Å². The molecule has 110 valence electrons. The van der Waals surface area contributed by atoms with E-state index in [1.807, 2.05) is 26.2 Å². The molecule has 1 unspecified atom stereocenters. The van der Waals surface area contributed by atoms with Gasteiger partial charge in [-0.05, 0) is 56.5 Å². The Morgan fingerprint density at radius 2 is 2.10 bits per heavy atom. The normalized spacial score (nSPS) is 16.4. The van der Waals surface area contributed by atoms with Gasteiger partial charge in [0.15, 0.2) is 0 Å². The number of likely N-dealkylation sites (N-methyl/N-ethyl adjacent to an activating group) is 1. The smallest absolute Gasteiger partial charge is 0.303 e. The fraction of sp³-hybridized carbons (Fsp3) is 0.562. The van der Waals surface area contributed by atoms with E-state index in [0.717, 1.165) is 36.9 Å². The maximum Gasteiger partial charge on any atom is 0.303 e. The molecule has 0 saturated heterocycles. The van der Waals surface area contributed by atoms with Crippen LogP contribution in [0, 0.1) is 5.92 Å². The van der Waals surface area contributed by atoms with Crippen molar-refractivity contribution >= 4 is 5.97 Å². The average Bonchev–Trinajstić information content (AvgIpc) is 3.19. The van der Waals surface area contributed by atoms with Crippen molar-refractivity contribution in [3.8, 4) is 5.75 Å². The molecule has 1 atom stereocenters. The van der Waals surface area contributed by atoms with Crippen LogP contribution in [0.25, 0.3) is 0 Å². The van der Waals surface area contributed by atoms with Crippen molar-refractivity contribution in [2.24, 2.45) is 5.92 Å². The lowest BCUT2D eigenvalue weighted by Gasteiger charge is -2.18. The predicted octanol–water partition coefficient (Wildman–Crippen LogP) is 2.46. The molecular weight excluding hydrogens is 254 g/mol. The molecule has 0 aromatic heterocycles. The van der Waals surface area contributed by atoms with Gasteiger partial charge in [-0.2, -0.15) is 0 Å². The molecule has 0 amide bonds. The number of carboxylic acid groups (broad SMARTS) is 1.